The van der Waals surface area contributed by atoms with Crippen molar-refractivity contribution in [2.75, 3.05) is 11.1 Å². The molecule has 2 N–H and O–H groups in total. The number of anilines is 1. The second-order valence-electron chi connectivity index (χ2n) is 10.1. The van der Waals surface area contributed by atoms with Crippen LogP contribution in [0.4, 0.5) is 5.69 Å². The average Bonchev–Trinajstić information content (AvgIpc) is 3.44. The third-order valence-electron chi connectivity index (χ3n) is 7.06. The predicted molar refractivity (Wildman–Crippen MR) is 157 cm³/mol. The molecule has 1 aromatic heterocycles. The largest absolute Gasteiger partial charge is 0.349 e. The van der Waals surface area contributed by atoms with Gasteiger partial charge in [-0.25, -0.2) is 4.98 Å². The Morgan fingerprint density at radius 1 is 1.00 bits per heavy atom. The molecule has 0 unspecified atom stereocenters. The van der Waals surface area contributed by atoms with Gasteiger partial charge >= 0.3 is 0 Å². The molecule has 1 saturated carbocycles. The van der Waals surface area contributed by atoms with Gasteiger partial charge in [-0.15, -0.1) is 0 Å². The number of carbonyl (C=O) groups excluding carboxylic acids is 2. The highest BCUT2D eigenvalue weighted by molar-refractivity contribution is 7.99. The summed E-state index contributed by atoms with van der Waals surface area (Å²) in [4.78, 5) is 43.6. The highest BCUT2D eigenvalue weighted by Gasteiger charge is 2.18. The van der Waals surface area contributed by atoms with Crippen molar-refractivity contribution in [1.82, 2.24) is 14.9 Å². The summed E-state index contributed by atoms with van der Waals surface area (Å²) in [6.45, 7) is 4.25. The van der Waals surface area contributed by atoms with E-state index in [0.29, 0.717) is 21.6 Å². The second-order valence-corrected chi connectivity index (χ2v) is 11.1. The van der Waals surface area contributed by atoms with Gasteiger partial charge in [-0.3, -0.25) is 19.0 Å². The molecule has 7 nitrogen and oxygen atoms in total. The summed E-state index contributed by atoms with van der Waals surface area (Å²) in [7, 11) is 0. The van der Waals surface area contributed by atoms with Crippen molar-refractivity contribution < 1.29 is 9.59 Å². The van der Waals surface area contributed by atoms with Gasteiger partial charge in [0, 0.05) is 17.3 Å². The third kappa shape index (κ3) is 6.40. The van der Waals surface area contributed by atoms with Crippen LogP contribution in [0.2, 0.25) is 0 Å². The smallest absolute Gasteiger partial charge is 0.262 e. The van der Waals surface area contributed by atoms with E-state index in [2.05, 4.69) is 10.6 Å². The predicted octanol–water partition coefficient (Wildman–Crippen LogP) is 5.46. The molecule has 0 radical (unpaired) electrons. The SMILES string of the molecule is Cc1ccc(NC(=O)CSc2nc3ccccc3c(=O)n2Cc2ccc(C(=O)NC3CCCC3)cc2)c(C)c1. The van der Waals surface area contributed by atoms with Crippen molar-refractivity contribution in [2.24, 2.45) is 0 Å². The molecule has 0 bridgehead atoms. The molecular formula is C31H32N4O3S. The lowest BCUT2D eigenvalue weighted by atomic mass is 10.1. The number of rotatable bonds is 8. The fourth-order valence-electron chi connectivity index (χ4n) is 4.95. The molecule has 0 spiro atoms. The summed E-state index contributed by atoms with van der Waals surface area (Å²) in [6.07, 6.45) is 4.38. The first kappa shape index (κ1) is 26.7. The van der Waals surface area contributed by atoms with E-state index in [0.717, 1.165) is 48.1 Å². The van der Waals surface area contributed by atoms with E-state index < -0.39 is 0 Å². The molecule has 1 heterocycles. The molecule has 1 fully saturated rings. The van der Waals surface area contributed by atoms with Crippen molar-refractivity contribution in [3.05, 3.63) is 99.3 Å². The van der Waals surface area contributed by atoms with Crippen LogP contribution in [0.3, 0.4) is 0 Å². The summed E-state index contributed by atoms with van der Waals surface area (Å²) in [5.41, 5.74) is 4.80. The molecule has 2 amide bonds. The van der Waals surface area contributed by atoms with Crippen LogP contribution >= 0.6 is 11.8 Å². The van der Waals surface area contributed by atoms with Gasteiger partial charge in [-0.05, 0) is 68.1 Å². The number of nitrogens with one attached hydrogen (secondary N) is 2. The van der Waals surface area contributed by atoms with Crippen LogP contribution in [0.15, 0.2) is 76.7 Å². The fraction of sp³-hybridized carbons (Fsp3) is 0.290. The highest BCUT2D eigenvalue weighted by Crippen LogP contribution is 2.22. The summed E-state index contributed by atoms with van der Waals surface area (Å²) in [6, 6.07) is 20.7. The number of aryl methyl sites for hydroxylation is 2. The van der Waals surface area contributed by atoms with Gasteiger partial charge in [0.25, 0.3) is 11.5 Å². The lowest BCUT2D eigenvalue weighted by molar-refractivity contribution is -0.113. The molecule has 200 valence electrons. The molecule has 4 aromatic rings. The minimum absolute atomic E-state index is 0.0657. The first-order valence-electron chi connectivity index (χ1n) is 13.3. The van der Waals surface area contributed by atoms with Gasteiger partial charge in [-0.1, -0.05) is 66.6 Å². The second kappa shape index (κ2) is 11.9. The number of aromatic nitrogens is 2. The third-order valence-corrected chi connectivity index (χ3v) is 8.04. The van der Waals surface area contributed by atoms with E-state index in [1.807, 2.05) is 56.3 Å². The van der Waals surface area contributed by atoms with Crippen LogP contribution < -0.4 is 16.2 Å². The Morgan fingerprint density at radius 3 is 2.49 bits per heavy atom. The molecule has 0 saturated heterocycles. The minimum Gasteiger partial charge on any atom is -0.349 e. The van der Waals surface area contributed by atoms with Crippen LogP contribution in [-0.4, -0.2) is 33.2 Å². The number of thioether (sulfide) groups is 1. The maximum Gasteiger partial charge on any atom is 0.262 e. The van der Waals surface area contributed by atoms with E-state index in [9.17, 15) is 14.4 Å². The molecule has 0 aliphatic heterocycles. The molecule has 3 aromatic carbocycles. The Balaban J connectivity index is 1.34. The molecular weight excluding hydrogens is 508 g/mol. The first-order valence-corrected chi connectivity index (χ1v) is 14.3. The monoisotopic (exact) mass is 540 g/mol. The molecule has 1 aliphatic rings. The van der Waals surface area contributed by atoms with Crippen molar-refractivity contribution in [2.45, 2.75) is 57.3 Å². The van der Waals surface area contributed by atoms with E-state index in [-0.39, 0.29) is 35.7 Å². The number of nitrogens with zero attached hydrogens (tertiary/aromatic N) is 2. The Morgan fingerprint density at radius 2 is 1.74 bits per heavy atom. The molecule has 8 heteroatoms. The molecule has 1 aliphatic carbocycles. The topological polar surface area (TPSA) is 93.1 Å². The normalized spacial score (nSPS) is 13.5. The fourth-order valence-corrected chi connectivity index (χ4v) is 5.75. The zero-order valence-electron chi connectivity index (χ0n) is 22.2. The summed E-state index contributed by atoms with van der Waals surface area (Å²) in [5, 5.41) is 7.06. The highest BCUT2D eigenvalue weighted by atomic mass is 32.2. The van der Waals surface area contributed by atoms with Crippen LogP contribution in [0.25, 0.3) is 10.9 Å². The van der Waals surface area contributed by atoms with Gasteiger partial charge in [0.1, 0.15) is 0 Å². The molecule has 5 rings (SSSR count). The lowest BCUT2D eigenvalue weighted by Gasteiger charge is -2.15. The Bertz CT molecular complexity index is 1570. The van der Waals surface area contributed by atoms with E-state index in [4.69, 9.17) is 4.98 Å². The molecule has 0 atom stereocenters. The number of carbonyl (C=O) groups is 2. The number of hydrogen-bond acceptors (Lipinski definition) is 5. The van der Waals surface area contributed by atoms with Crippen LogP contribution in [0.5, 0.6) is 0 Å². The first-order chi connectivity index (χ1) is 18.9. The van der Waals surface area contributed by atoms with Crippen LogP contribution in [0, 0.1) is 13.8 Å². The van der Waals surface area contributed by atoms with Crippen molar-refractivity contribution in [3.8, 4) is 0 Å². The lowest BCUT2D eigenvalue weighted by Crippen LogP contribution is -2.32. The van der Waals surface area contributed by atoms with Gasteiger partial charge in [0.2, 0.25) is 5.91 Å². The van der Waals surface area contributed by atoms with E-state index in [1.165, 1.54) is 11.8 Å². The number of fused-ring (bicyclic) bond motifs is 1. The number of para-hydroxylation sites is 1. The number of hydrogen-bond donors (Lipinski definition) is 2. The quantitative estimate of drug-likeness (QED) is 0.229. The minimum atomic E-state index is -0.168. The Labute approximate surface area is 232 Å². The van der Waals surface area contributed by atoms with Crippen molar-refractivity contribution in [3.63, 3.8) is 0 Å². The summed E-state index contributed by atoms with van der Waals surface area (Å²) < 4.78 is 1.60. The van der Waals surface area contributed by atoms with Gasteiger partial charge < -0.3 is 10.6 Å². The summed E-state index contributed by atoms with van der Waals surface area (Å²) >= 11 is 1.23. The van der Waals surface area contributed by atoms with Crippen LogP contribution in [-0.2, 0) is 11.3 Å². The van der Waals surface area contributed by atoms with E-state index in [1.54, 1.807) is 28.8 Å². The van der Waals surface area contributed by atoms with Gasteiger partial charge in [0.05, 0.1) is 23.2 Å². The van der Waals surface area contributed by atoms with E-state index >= 15 is 0 Å². The van der Waals surface area contributed by atoms with Crippen LogP contribution in [0.1, 0.15) is 52.7 Å². The maximum absolute atomic E-state index is 13.5. The zero-order chi connectivity index (χ0) is 27.4. The molecule has 39 heavy (non-hydrogen) atoms. The Hall–Kier alpha value is -3.91. The maximum atomic E-state index is 13.5. The van der Waals surface area contributed by atoms with Gasteiger partial charge in [-0.2, -0.15) is 0 Å². The standard InChI is InChI=1S/C31H32N4O3S/c1-20-11-16-26(21(2)17-20)33-28(36)19-39-31-34-27-10-6-5-9-25(27)30(38)35(31)18-22-12-14-23(15-13-22)29(37)32-24-7-3-4-8-24/h5-6,9-17,24H,3-4,7-8,18-19H2,1-2H3,(H,32,37)(H,33,36). The van der Waals surface area contributed by atoms with Crippen molar-refractivity contribution in [1.29, 1.82) is 0 Å². The average molecular weight is 541 g/mol. The zero-order valence-corrected chi connectivity index (χ0v) is 23.0. The van der Waals surface area contributed by atoms with Crippen molar-refractivity contribution >= 4 is 40.2 Å². The number of benzene rings is 3. The van der Waals surface area contributed by atoms with Gasteiger partial charge in [0.15, 0.2) is 5.16 Å². The Kier molecular flexibility index (Phi) is 8.12. The summed E-state index contributed by atoms with van der Waals surface area (Å²) in [5.74, 6) is -0.124. The number of amides is 2.